The minimum atomic E-state index is -0.573. The monoisotopic (exact) mass is 413 g/mol. The Kier molecular flexibility index (Phi) is 7.92. The summed E-state index contributed by atoms with van der Waals surface area (Å²) in [7, 11) is 0. The van der Waals surface area contributed by atoms with Gasteiger partial charge in [-0.15, -0.1) is 11.3 Å². The number of hydrogen-bond donors (Lipinski definition) is 0. The number of rotatable bonds is 7. The van der Waals surface area contributed by atoms with Crippen molar-refractivity contribution in [1.29, 1.82) is 5.26 Å². The van der Waals surface area contributed by atoms with Crippen LogP contribution in [0.4, 0.5) is 0 Å². The molecule has 1 aromatic carbocycles. The highest BCUT2D eigenvalue weighted by molar-refractivity contribution is 7.07. The Hall–Kier alpha value is -3.18. The van der Waals surface area contributed by atoms with Crippen molar-refractivity contribution in [3.8, 4) is 6.07 Å². The molecule has 1 heterocycles. The van der Waals surface area contributed by atoms with Crippen molar-refractivity contribution >= 4 is 35.4 Å². The third-order valence-electron chi connectivity index (χ3n) is 4.19. The number of esters is 1. The van der Waals surface area contributed by atoms with E-state index < -0.39 is 5.97 Å². The van der Waals surface area contributed by atoms with E-state index in [0.717, 1.165) is 11.3 Å². The van der Waals surface area contributed by atoms with Gasteiger partial charge < -0.3 is 9.64 Å². The zero-order chi connectivity index (χ0) is 21.4. The highest BCUT2D eigenvalue weighted by atomic mass is 32.1. The SMILES string of the molecule is CCOC(=O)C=c1sc(=Cc2cccc(C#N)c2)c(=O)n1CC(=O)N(CC)CC. The maximum Gasteiger partial charge on any atom is 0.333 e. The summed E-state index contributed by atoms with van der Waals surface area (Å²) in [6, 6.07) is 8.90. The second kappa shape index (κ2) is 10.4. The van der Waals surface area contributed by atoms with Gasteiger partial charge in [0.25, 0.3) is 5.56 Å². The molecule has 0 spiro atoms. The van der Waals surface area contributed by atoms with Crippen molar-refractivity contribution in [2.24, 2.45) is 0 Å². The second-order valence-corrected chi connectivity index (χ2v) is 7.10. The Bertz CT molecular complexity index is 1100. The molecule has 29 heavy (non-hydrogen) atoms. The highest BCUT2D eigenvalue weighted by Crippen LogP contribution is 2.04. The molecule has 8 heteroatoms. The average Bonchev–Trinajstić information content (AvgIpc) is 2.98. The number of carbonyl (C=O) groups is 2. The van der Waals surface area contributed by atoms with Crippen LogP contribution in [0.5, 0.6) is 0 Å². The van der Waals surface area contributed by atoms with Gasteiger partial charge in [0.2, 0.25) is 5.91 Å². The lowest BCUT2D eigenvalue weighted by molar-refractivity contribution is -0.135. The third-order valence-corrected chi connectivity index (χ3v) is 5.25. The van der Waals surface area contributed by atoms with Gasteiger partial charge in [-0.3, -0.25) is 14.2 Å². The van der Waals surface area contributed by atoms with Gasteiger partial charge >= 0.3 is 5.97 Å². The van der Waals surface area contributed by atoms with E-state index in [9.17, 15) is 14.4 Å². The predicted molar refractivity (Wildman–Crippen MR) is 112 cm³/mol. The number of nitrogens with zero attached hydrogens (tertiary/aromatic N) is 3. The van der Waals surface area contributed by atoms with Crippen LogP contribution in [0.2, 0.25) is 0 Å². The molecule has 7 nitrogen and oxygen atoms in total. The summed E-state index contributed by atoms with van der Waals surface area (Å²) in [5.41, 5.74) is 0.798. The number of aromatic nitrogens is 1. The van der Waals surface area contributed by atoms with Crippen molar-refractivity contribution in [3.05, 3.63) is 54.9 Å². The molecule has 0 radical (unpaired) electrons. The molecule has 0 aliphatic rings. The van der Waals surface area contributed by atoms with Crippen LogP contribution in [0.1, 0.15) is 31.9 Å². The predicted octanol–water partition coefficient (Wildman–Crippen LogP) is 0.822. The summed E-state index contributed by atoms with van der Waals surface area (Å²) >= 11 is 1.10. The van der Waals surface area contributed by atoms with E-state index in [4.69, 9.17) is 10.00 Å². The van der Waals surface area contributed by atoms with Crippen LogP contribution in [0, 0.1) is 11.3 Å². The van der Waals surface area contributed by atoms with Gasteiger partial charge in [0.1, 0.15) is 11.2 Å². The molecule has 0 saturated carbocycles. The lowest BCUT2D eigenvalue weighted by Crippen LogP contribution is -2.40. The number of hydrogen-bond acceptors (Lipinski definition) is 6. The zero-order valence-electron chi connectivity index (χ0n) is 16.7. The van der Waals surface area contributed by atoms with E-state index in [1.807, 2.05) is 13.8 Å². The number of amides is 1. The molecule has 2 aromatic rings. The lowest BCUT2D eigenvalue weighted by atomic mass is 10.1. The van der Waals surface area contributed by atoms with Gasteiger partial charge in [0, 0.05) is 13.1 Å². The molecule has 0 bridgehead atoms. The first-order valence-corrected chi connectivity index (χ1v) is 10.1. The van der Waals surface area contributed by atoms with E-state index >= 15 is 0 Å². The van der Waals surface area contributed by atoms with E-state index in [1.54, 1.807) is 42.2 Å². The first-order valence-electron chi connectivity index (χ1n) is 9.31. The zero-order valence-corrected chi connectivity index (χ0v) is 17.5. The van der Waals surface area contributed by atoms with Crippen LogP contribution in [0.3, 0.4) is 0 Å². The smallest absolute Gasteiger partial charge is 0.333 e. The molecule has 0 aliphatic heterocycles. The molecule has 2 rings (SSSR count). The molecule has 0 atom stereocenters. The van der Waals surface area contributed by atoms with Crippen LogP contribution in [-0.4, -0.2) is 41.0 Å². The lowest BCUT2D eigenvalue weighted by Gasteiger charge is -2.18. The number of likely N-dealkylation sites (N-methyl/N-ethyl adjacent to an activating group) is 1. The molecular formula is C21H23N3O4S. The third kappa shape index (κ3) is 5.65. The maximum atomic E-state index is 13.0. The van der Waals surface area contributed by atoms with Gasteiger partial charge in [0.15, 0.2) is 0 Å². The molecule has 1 aromatic heterocycles. The van der Waals surface area contributed by atoms with Gasteiger partial charge in [-0.1, -0.05) is 12.1 Å². The quantitative estimate of drug-likeness (QED) is 0.627. The molecule has 0 unspecified atom stereocenters. The Morgan fingerprint density at radius 2 is 2.00 bits per heavy atom. The normalized spacial score (nSPS) is 11.9. The first kappa shape index (κ1) is 22.1. The van der Waals surface area contributed by atoms with Crippen LogP contribution in [0.25, 0.3) is 12.2 Å². The largest absolute Gasteiger partial charge is 0.463 e. The summed E-state index contributed by atoms with van der Waals surface area (Å²) in [5.74, 6) is -0.776. The van der Waals surface area contributed by atoms with Crippen molar-refractivity contribution in [2.45, 2.75) is 27.3 Å². The Morgan fingerprint density at radius 1 is 1.28 bits per heavy atom. The number of benzene rings is 1. The second-order valence-electron chi connectivity index (χ2n) is 6.04. The van der Waals surface area contributed by atoms with Gasteiger partial charge in [0.05, 0.1) is 28.8 Å². The fourth-order valence-corrected chi connectivity index (χ4v) is 3.77. The molecule has 0 aliphatic carbocycles. The van der Waals surface area contributed by atoms with Crippen molar-refractivity contribution in [3.63, 3.8) is 0 Å². The average molecular weight is 413 g/mol. The molecule has 0 saturated heterocycles. The van der Waals surface area contributed by atoms with Crippen LogP contribution >= 0.6 is 11.3 Å². The van der Waals surface area contributed by atoms with Crippen molar-refractivity contribution in [1.82, 2.24) is 9.47 Å². The fraction of sp³-hybridized carbons (Fsp3) is 0.333. The first-order chi connectivity index (χ1) is 13.9. The van der Waals surface area contributed by atoms with Crippen LogP contribution in [0.15, 0.2) is 29.1 Å². The van der Waals surface area contributed by atoms with Gasteiger partial charge in [-0.25, -0.2) is 4.79 Å². The number of thiazole rings is 1. The van der Waals surface area contributed by atoms with E-state index in [0.29, 0.717) is 33.4 Å². The molecule has 152 valence electrons. The van der Waals surface area contributed by atoms with Crippen LogP contribution in [-0.2, 0) is 20.9 Å². The molecule has 0 N–H and O–H groups in total. The van der Waals surface area contributed by atoms with E-state index in [-0.39, 0.29) is 24.6 Å². The summed E-state index contributed by atoms with van der Waals surface area (Å²) in [6.45, 7) is 6.54. The van der Waals surface area contributed by atoms with Crippen LogP contribution < -0.4 is 14.8 Å². The van der Waals surface area contributed by atoms with Gasteiger partial charge in [-0.2, -0.15) is 5.26 Å². The summed E-state index contributed by atoms with van der Waals surface area (Å²) in [4.78, 5) is 39.0. The van der Waals surface area contributed by atoms with Crippen molar-refractivity contribution in [2.75, 3.05) is 19.7 Å². The van der Waals surface area contributed by atoms with E-state index in [1.165, 1.54) is 10.6 Å². The minimum absolute atomic E-state index is 0.158. The number of ether oxygens (including phenoxy) is 1. The van der Waals surface area contributed by atoms with Gasteiger partial charge in [-0.05, 0) is 44.5 Å². The summed E-state index contributed by atoms with van der Waals surface area (Å²) in [5, 5.41) is 9.05. The number of nitriles is 1. The number of carbonyl (C=O) groups excluding carboxylic acids is 2. The minimum Gasteiger partial charge on any atom is -0.463 e. The summed E-state index contributed by atoms with van der Waals surface area (Å²) in [6.07, 6.45) is 2.88. The topological polar surface area (TPSA) is 92.4 Å². The maximum absolute atomic E-state index is 13.0. The Balaban J connectivity index is 2.60. The molecular weight excluding hydrogens is 390 g/mol. The van der Waals surface area contributed by atoms with Crippen molar-refractivity contribution < 1.29 is 14.3 Å². The van der Waals surface area contributed by atoms with E-state index in [2.05, 4.69) is 6.07 Å². The standard InChI is InChI=1S/C21H23N3O4S/c1-4-23(5-2)18(25)14-24-19(12-20(26)28-6-3)29-17(21(24)27)11-15-8-7-9-16(10-15)13-22/h7-12H,4-6,14H2,1-3H3. The highest BCUT2D eigenvalue weighted by Gasteiger charge is 2.14. The Labute approximate surface area is 172 Å². The summed E-state index contributed by atoms with van der Waals surface area (Å²) < 4.78 is 6.95. The fourth-order valence-electron chi connectivity index (χ4n) is 2.74. The molecule has 0 fully saturated rings. The molecule has 1 amide bonds. The Morgan fingerprint density at radius 3 is 2.62 bits per heavy atom.